The van der Waals surface area contributed by atoms with E-state index < -0.39 is 11.7 Å². The van der Waals surface area contributed by atoms with Crippen molar-refractivity contribution in [3.8, 4) is 0 Å². The number of hydrogen-bond acceptors (Lipinski definition) is 5. The van der Waals surface area contributed by atoms with Gasteiger partial charge in [0.15, 0.2) is 5.82 Å². The number of ether oxygens (including phenoxy) is 1. The Morgan fingerprint density at radius 3 is 2.32 bits per heavy atom. The fraction of sp³-hybridized carbons (Fsp3) is 0.478. The van der Waals surface area contributed by atoms with Crippen molar-refractivity contribution >= 4 is 11.4 Å². The fourth-order valence-electron chi connectivity index (χ4n) is 3.96. The molecule has 3 heterocycles. The Balaban J connectivity index is 1.45. The number of morpholine rings is 1. The third kappa shape index (κ3) is 5.07. The number of hydrogen-bond donors (Lipinski definition) is 0. The van der Waals surface area contributed by atoms with Crippen LogP contribution in [0.15, 0.2) is 30.3 Å². The van der Waals surface area contributed by atoms with Crippen LogP contribution in [-0.2, 0) is 17.5 Å². The second-order valence-corrected chi connectivity index (χ2v) is 8.09. The van der Waals surface area contributed by atoms with Crippen molar-refractivity contribution in [1.29, 1.82) is 0 Å². The summed E-state index contributed by atoms with van der Waals surface area (Å²) in [5.41, 5.74) is 3.48. The lowest BCUT2D eigenvalue weighted by Crippen LogP contribution is -2.37. The summed E-state index contributed by atoms with van der Waals surface area (Å²) in [4.78, 5) is 14.1. The molecule has 5 nitrogen and oxygen atoms in total. The Labute approximate surface area is 180 Å². The number of rotatable bonds is 4. The summed E-state index contributed by atoms with van der Waals surface area (Å²) < 4.78 is 43.7. The zero-order valence-corrected chi connectivity index (χ0v) is 17.9. The monoisotopic (exact) mass is 432 g/mol. The van der Waals surface area contributed by atoms with E-state index in [1.54, 1.807) is 12.1 Å². The minimum absolute atomic E-state index is 0.611. The van der Waals surface area contributed by atoms with Crippen LogP contribution in [0.25, 0.3) is 5.57 Å². The zero-order chi connectivity index (χ0) is 22.0. The first kappa shape index (κ1) is 21.8. The number of nitrogens with zero attached hydrogens (tertiary/aromatic N) is 4. The first-order valence-electron chi connectivity index (χ1n) is 10.6. The van der Waals surface area contributed by atoms with Crippen molar-refractivity contribution < 1.29 is 17.9 Å². The first-order chi connectivity index (χ1) is 14.8. The Bertz CT molecular complexity index is 951. The molecule has 0 unspecified atom stereocenters. The normalized spacial score (nSPS) is 18.2. The van der Waals surface area contributed by atoms with Gasteiger partial charge in [-0.2, -0.15) is 13.2 Å². The second-order valence-electron chi connectivity index (χ2n) is 8.09. The summed E-state index contributed by atoms with van der Waals surface area (Å²) in [6.45, 7) is 9.31. The van der Waals surface area contributed by atoms with Gasteiger partial charge >= 0.3 is 6.18 Å². The molecule has 8 heteroatoms. The number of halogens is 3. The van der Waals surface area contributed by atoms with Crippen LogP contribution >= 0.6 is 0 Å². The standard InChI is InChI=1S/C23H27F3N4O/c1-16-17(2)27-21(28-22(16)30-11-13-31-14-12-30)19-7-9-29(10-8-19)15-18-3-5-20(6-4-18)23(24,25)26/h3-7H,8-15H2,1-2H3. The van der Waals surface area contributed by atoms with Gasteiger partial charge in [-0.3, -0.25) is 4.90 Å². The van der Waals surface area contributed by atoms with Gasteiger partial charge in [-0.05, 0) is 43.5 Å². The van der Waals surface area contributed by atoms with Gasteiger partial charge in [0.25, 0.3) is 0 Å². The van der Waals surface area contributed by atoms with Crippen molar-refractivity contribution in [1.82, 2.24) is 14.9 Å². The van der Waals surface area contributed by atoms with Gasteiger partial charge < -0.3 is 9.64 Å². The lowest BCUT2D eigenvalue weighted by Gasteiger charge is -2.30. The fourth-order valence-corrected chi connectivity index (χ4v) is 3.96. The summed E-state index contributed by atoms with van der Waals surface area (Å²) in [5.74, 6) is 1.76. The number of aromatic nitrogens is 2. The molecule has 0 N–H and O–H groups in total. The van der Waals surface area contributed by atoms with E-state index >= 15 is 0 Å². The average Bonchev–Trinajstić information content (AvgIpc) is 2.76. The van der Waals surface area contributed by atoms with E-state index in [0.717, 1.165) is 78.8 Å². The SMILES string of the molecule is Cc1nc(C2=CCN(Cc3ccc(C(F)(F)F)cc3)CC2)nc(N2CCOCC2)c1C. The largest absolute Gasteiger partial charge is 0.416 e. The number of alkyl halides is 3. The maximum absolute atomic E-state index is 12.7. The highest BCUT2D eigenvalue weighted by molar-refractivity contribution is 5.64. The number of benzene rings is 1. The van der Waals surface area contributed by atoms with Crippen LogP contribution in [0.4, 0.5) is 19.0 Å². The van der Waals surface area contributed by atoms with Crippen molar-refractivity contribution in [2.75, 3.05) is 44.3 Å². The summed E-state index contributed by atoms with van der Waals surface area (Å²) in [6.07, 6.45) is -1.35. The Kier molecular flexibility index (Phi) is 6.29. The molecule has 0 amide bonds. The predicted molar refractivity (Wildman–Crippen MR) is 114 cm³/mol. The molecule has 31 heavy (non-hydrogen) atoms. The molecule has 4 rings (SSSR count). The van der Waals surface area contributed by atoms with E-state index in [1.165, 1.54) is 0 Å². The van der Waals surface area contributed by atoms with Crippen LogP contribution in [0.3, 0.4) is 0 Å². The topological polar surface area (TPSA) is 41.5 Å². The van der Waals surface area contributed by atoms with E-state index in [4.69, 9.17) is 14.7 Å². The van der Waals surface area contributed by atoms with Crippen LogP contribution in [0.5, 0.6) is 0 Å². The maximum atomic E-state index is 12.7. The quantitative estimate of drug-likeness (QED) is 0.723. The van der Waals surface area contributed by atoms with Crippen LogP contribution < -0.4 is 4.90 Å². The minimum Gasteiger partial charge on any atom is -0.378 e. The molecule has 0 bridgehead atoms. The summed E-state index contributed by atoms with van der Waals surface area (Å²) in [5, 5.41) is 0. The summed E-state index contributed by atoms with van der Waals surface area (Å²) in [6, 6.07) is 5.42. The van der Waals surface area contributed by atoms with Gasteiger partial charge in [-0.15, -0.1) is 0 Å². The summed E-state index contributed by atoms with van der Waals surface area (Å²) >= 11 is 0. The number of aryl methyl sites for hydroxylation is 1. The van der Waals surface area contributed by atoms with Gasteiger partial charge in [0.2, 0.25) is 0 Å². The second kappa shape index (κ2) is 8.96. The Morgan fingerprint density at radius 2 is 1.71 bits per heavy atom. The third-order valence-electron chi connectivity index (χ3n) is 5.94. The van der Waals surface area contributed by atoms with Crippen LogP contribution in [-0.4, -0.2) is 54.3 Å². The molecular weight excluding hydrogens is 405 g/mol. The molecule has 1 fully saturated rings. The molecule has 1 aromatic heterocycles. The molecular formula is C23H27F3N4O. The third-order valence-corrected chi connectivity index (χ3v) is 5.94. The lowest BCUT2D eigenvalue weighted by molar-refractivity contribution is -0.137. The highest BCUT2D eigenvalue weighted by atomic mass is 19.4. The minimum atomic E-state index is -4.30. The Hall–Kier alpha value is -2.45. The lowest BCUT2D eigenvalue weighted by atomic mass is 10.1. The molecule has 1 saturated heterocycles. The highest BCUT2D eigenvalue weighted by Crippen LogP contribution is 2.30. The molecule has 0 atom stereocenters. The van der Waals surface area contributed by atoms with Gasteiger partial charge in [0.05, 0.1) is 18.8 Å². The van der Waals surface area contributed by atoms with Crippen molar-refractivity contribution in [3.63, 3.8) is 0 Å². The molecule has 2 aliphatic heterocycles. The Morgan fingerprint density at radius 1 is 1.00 bits per heavy atom. The molecule has 2 aromatic rings. The molecule has 0 saturated carbocycles. The van der Waals surface area contributed by atoms with Crippen molar-refractivity contribution in [3.05, 3.63) is 58.6 Å². The van der Waals surface area contributed by atoms with Crippen molar-refractivity contribution in [2.24, 2.45) is 0 Å². The highest BCUT2D eigenvalue weighted by Gasteiger charge is 2.30. The van der Waals surface area contributed by atoms with E-state index in [1.807, 2.05) is 6.92 Å². The zero-order valence-electron chi connectivity index (χ0n) is 17.9. The molecule has 0 aliphatic carbocycles. The van der Waals surface area contributed by atoms with E-state index in [9.17, 15) is 13.2 Å². The molecule has 0 spiro atoms. The maximum Gasteiger partial charge on any atom is 0.416 e. The van der Waals surface area contributed by atoms with E-state index in [-0.39, 0.29) is 0 Å². The van der Waals surface area contributed by atoms with Crippen LogP contribution in [0.2, 0.25) is 0 Å². The smallest absolute Gasteiger partial charge is 0.378 e. The van der Waals surface area contributed by atoms with Gasteiger partial charge in [0, 0.05) is 44.0 Å². The molecule has 1 aromatic carbocycles. The van der Waals surface area contributed by atoms with Crippen LogP contribution in [0.1, 0.15) is 34.6 Å². The molecule has 2 aliphatic rings. The van der Waals surface area contributed by atoms with Crippen molar-refractivity contribution in [2.45, 2.75) is 33.0 Å². The first-order valence-corrected chi connectivity index (χ1v) is 10.6. The average molecular weight is 432 g/mol. The van der Waals surface area contributed by atoms with Gasteiger partial charge in [-0.25, -0.2) is 9.97 Å². The van der Waals surface area contributed by atoms with E-state index in [0.29, 0.717) is 19.8 Å². The molecule has 166 valence electrons. The van der Waals surface area contributed by atoms with Gasteiger partial charge in [0.1, 0.15) is 5.82 Å². The molecule has 0 radical (unpaired) electrons. The summed E-state index contributed by atoms with van der Waals surface area (Å²) in [7, 11) is 0. The van der Waals surface area contributed by atoms with Gasteiger partial charge in [-0.1, -0.05) is 18.2 Å². The van der Waals surface area contributed by atoms with Crippen LogP contribution in [0, 0.1) is 13.8 Å². The van der Waals surface area contributed by atoms with E-state index in [2.05, 4.69) is 22.8 Å². The number of anilines is 1. The predicted octanol–water partition coefficient (Wildman–Crippen LogP) is 4.24.